The first-order chi connectivity index (χ1) is 9.61. The van der Waals surface area contributed by atoms with Gasteiger partial charge in [-0.2, -0.15) is 0 Å². The van der Waals surface area contributed by atoms with E-state index in [-0.39, 0.29) is 0 Å². The highest BCUT2D eigenvalue weighted by Gasteiger charge is 2.10. The van der Waals surface area contributed by atoms with Crippen molar-refractivity contribution in [3.05, 3.63) is 58.6 Å². The minimum absolute atomic E-state index is 0.777. The summed E-state index contributed by atoms with van der Waals surface area (Å²) in [6.07, 6.45) is 0. The number of hydrogen-bond acceptors (Lipinski definition) is 2. The highest BCUT2D eigenvalue weighted by molar-refractivity contribution is 6.30. The van der Waals surface area contributed by atoms with Crippen molar-refractivity contribution in [1.82, 2.24) is 5.32 Å². The van der Waals surface area contributed by atoms with Gasteiger partial charge in [0.15, 0.2) is 0 Å². The van der Waals surface area contributed by atoms with Gasteiger partial charge < -0.3 is 10.2 Å². The Kier molecular flexibility index (Phi) is 5.05. The molecule has 106 valence electrons. The lowest BCUT2D eigenvalue weighted by Gasteiger charge is -2.23. The van der Waals surface area contributed by atoms with E-state index in [2.05, 4.69) is 61.4 Å². The molecule has 0 aromatic heterocycles. The molecule has 0 atom stereocenters. The molecule has 2 rings (SSSR count). The van der Waals surface area contributed by atoms with Gasteiger partial charge in [0.1, 0.15) is 0 Å². The van der Waals surface area contributed by atoms with Crippen molar-refractivity contribution in [2.24, 2.45) is 0 Å². The molecule has 0 amide bonds. The Hall–Kier alpha value is -1.51. The molecule has 2 aromatic carbocycles. The van der Waals surface area contributed by atoms with Crippen LogP contribution in [-0.2, 0) is 6.54 Å². The van der Waals surface area contributed by atoms with Crippen LogP contribution in [0.1, 0.15) is 18.1 Å². The smallest absolute Gasteiger partial charge is 0.0454 e. The summed E-state index contributed by atoms with van der Waals surface area (Å²) in [7, 11) is 2.09. The molecule has 0 aliphatic rings. The zero-order valence-electron chi connectivity index (χ0n) is 12.3. The molecule has 2 aromatic rings. The van der Waals surface area contributed by atoms with Gasteiger partial charge in [-0.3, -0.25) is 0 Å². The average molecular weight is 289 g/mol. The van der Waals surface area contributed by atoms with E-state index in [0.29, 0.717) is 0 Å². The van der Waals surface area contributed by atoms with Gasteiger partial charge in [-0.25, -0.2) is 0 Å². The SMILES string of the molecule is CCNCc1cc(Cl)ccc1N(C)c1cccc(C)c1. The van der Waals surface area contributed by atoms with Crippen molar-refractivity contribution in [3.63, 3.8) is 0 Å². The van der Waals surface area contributed by atoms with Gasteiger partial charge >= 0.3 is 0 Å². The molecule has 0 aliphatic carbocycles. The summed E-state index contributed by atoms with van der Waals surface area (Å²) < 4.78 is 0. The normalized spacial score (nSPS) is 10.6. The van der Waals surface area contributed by atoms with Crippen LogP contribution in [-0.4, -0.2) is 13.6 Å². The summed E-state index contributed by atoms with van der Waals surface area (Å²) >= 11 is 6.13. The van der Waals surface area contributed by atoms with Crippen molar-refractivity contribution in [3.8, 4) is 0 Å². The van der Waals surface area contributed by atoms with E-state index in [1.807, 2.05) is 12.1 Å². The number of nitrogens with zero attached hydrogens (tertiary/aromatic N) is 1. The lowest BCUT2D eigenvalue weighted by Crippen LogP contribution is -2.17. The Morgan fingerprint density at radius 1 is 1.15 bits per heavy atom. The largest absolute Gasteiger partial charge is 0.344 e. The molecule has 20 heavy (non-hydrogen) atoms. The van der Waals surface area contributed by atoms with Crippen LogP contribution >= 0.6 is 11.6 Å². The Labute approximate surface area is 126 Å². The number of benzene rings is 2. The van der Waals surface area contributed by atoms with E-state index in [9.17, 15) is 0 Å². The van der Waals surface area contributed by atoms with Crippen LogP contribution in [0.15, 0.2) is 42.5 Å². The maximum Gasteiger partial charge on any atom is 0.0454 e. The lowest BCUT2D eigenvalue weighted by molar-refractivity contribution is 0.726. The summed E-state index contributed by atoms with van der Waals surface area (Å²) in [5.41, 5.74) is 4.84. The zero-order chi connectivity index (χ0) is 14.5. The topological polar surface area (TPSA) is 15.3 Å². The number of aryl methyl sites for hydroxylation is 1. The number of anilines is 2. The van der Waals surface area contributed by atoms with E-state index >= 15 is 0 Å². The van der Waals surface area contributed by atoms with Gasteiger partial charge in [-0.15, -0.1) is 0 Å². The molecule has 2 nitrogen and oxygen atoms in total. The van der Waals surface area contributed by atoms with Gasteiger partial charge in [-0.1, -0.05) is 30.7 Å². The minimum atomic E-state index is 0.777. The zero-order valence-corrected chi connectivity index (χ0v) is 13.0. The molecule has 0 fully saturated rings. The third-order valence-corrected chi connectivity index (χ3v) is 3.59. The Bertz CT molecular complexity index is 581. The third kappa shape index (κ3) is 3.53. The van der Waals surface area contributed by atoms with Crippen LogP contribution in [0.3, 0.4) is 0 Å². The monoisotopic (exact) mass is 288 g/mol. The van der Waals surface area contributed by atoms with E-state index in [0.717, 1.165) is 18.1 Å². The van der Waals surface area contributed by atoms with Crippen LogP contribution in [0.2, 0.25) is 5.02 Å². The van der Waals surface area contributed by atoms with E-state index in [1.165, 1.54) is 22.5 Å². The second-order valence-electron chi connectivity index (χ2n) is 4.95. The standard InChI is InChI=1S/C17H21ClN2/c1-4-19-12-14-11-15(18)8-9-17(14)20(3)16-7-5-6-13(2)10-16/h5-11,19H,4,12H2,1-3H3. The molecular weight excluding hydrogens is 268 g/mol. The van der Waals surface area contributed by atoms with Crippen molar-refractivity contribution in [2.45, 2.75) is 20.4 Å². The fraction of sp³-hybridized carbons (Fsp3) is 0.294. The molecule has 0 aliphatic heterocycles. The summed E-state index contributed by atoms with van der Waals surface area (Å²) in [4.78, 5) is 2.20. The van der Waals surface area contributed by atoms with Crippen molar-refractivity contribution in [1.29, 1.82) is 0 Å². The fourth-order valence-corrected chi connectivity index (χ4v) is 2.45. The van der Waals surface area contributed by atoms with Gasteiger partial charge in [0.25, 0.3) is 0 Å². The maximum absolute atomic E-state index is 6.13. The van der Waals surface area contributed by atoms with Crippen LogP contribution in [0.25, 0.3) is 0 Å². The molecule has 0 saturated carbocycles. The first-order valence-electron chi connectivity index (χ1n) is 6.91. The predicted octanol–water partition coefficient (Wildman–Crippen LogP) is 4.53. The summed E-state index contributed by atoms with van der Waals surface area (Å²) in [5, 5.41) is 4.14. The number of rotatable bonds is 5. The second kappa shape index (κ2) is 6.78. The maximum atomic E-state index is 6.13. The Morgan fingerprint density at radius 3 is 2.65 bits per heavy atom. The first kappa shape index (κ1) is 14.9. The Balaban J connectivity index is 2.35. The molecule has 0 bridgehead atoms. The highest BCUT2D eigenvalue weighted by atomic mass is 35.5. The fourth-order valence-electron chi connectivity index (χ4n) is 2.26. The number of nitrogens with one attached hydrogen (secondary N) is 1. The lowest BCUT2D eigenvalue weighted by atomic mass is 10.1. The van der Waals surface area contributed by atoms with Crippen LogP contribution in [0, 0.1) is 6.92 Å². The van der Waals surface area contributed by atoms with Crippen LogP contribution in [0.5, 0.6) is 0 Å². The van der Waals surface area contributed by atoms with Crippen LogP contribution < -0.4 is 10.2 Å². The second-order valence-corrected chi connectivity index (χ2v) is 5.39. The summed E-state index contributed by atoms with van der Waals surface area (Å²) in [6, 6.07) is 14.6. The molecule has 1 N–H and O–H groups in total. The molecular formula is C17H21ClN2. The van der Waals surface area contributed by atoms with E-state index < -0.39 is 0 Å². The van der Waals surface area contributed by atoms with Crippen molar-refractivity contribution in [2.75, 3.05) is 18.5 Å². The molecule has 0 saturated heterocycles. The third-order valence-electron chi connectivity index (χ3n) is 3.36. The predicted molar refractivity (Wildman–Crippen MR) is 88.1 cm³/mol. The minimum Gasteiger partial charge on any atom is -0.344 e. The van der Waals surface area contributed by atoms with Crippen LogP contribution in [0.4, 0.5) is 11.4 Å². The van der Waals surface area contributed by atoms with E-state index in [1.54, 1.807) is 0 Å². The van der Waals surface area contributed by atoms with Gasteiger partial charge in [0.2, 0.25) is 0 Å². The molecule has 0 radical (unpaired) electrons. The molecule has 0 unspecified atom stereocenters. The van der Waals surface area contributed by atoms with Crippen molar-refractivity contribution >= 4 is 23.0 Å². The van der Waals surface area contributed by atoms with Crippen molar-refractivity contribution < 1.29 is 0 Å². The molecule has 0 heterocycles. The average Bonchev–Trinajstić information content (AvgIpc) is 2.44. The van der Waals surface area contributed by atoms with E-state index in [4.69, 9.17) is 11.6 Å². The van der Waals surface area contributed by atoms with Gasteiger partial charge in [0.05, 0.1) is 0 Å². The number of hydrogen-bond donors (Lipinski definition) is 1. The molecule has 3 heteroatoms. The summed E-state index contributed by atoms with van der Waals surface area (Å²) in [5.74, 6) is 0. The first-order valence-corrected chi connectivity index (χ1v) is 7.29. The quantitative estimate of drug-likeness (QED) is 0.870. The Morgan fingerprint density at radius 2 is 1.95 bits per heavy atom. The number of halogens is 1. The summed E-state index contributed by atoms with van der Waals surface area (Å²) in [6.45, 7) is 5.98. The molecule has 0 spiro atoms. The van der Waals surface area contributed by atoms with Gasteiger partial charge in [0, 0.05) is 30.0 Å². The van der Waals surface area contributed by atoms with Gasteiger partial charge in [-0.05, 0) is 54.9 Å². The highest BCUT2D eigenvalue weighted by Crippen LogP contribution is 2.29.